The highest BCUT2D eigenvalue weighted by Crippen LogP contribution is 2.45. The van der Waals surface area contributed by atoms with E-state index in [9.17, 15) is 15.0 Å². The van der Waals surface area contributed by atoms with E-state index in [4.69, 9.17) is 21.1 Å². The van der Waals surface area contributed by atoms with Crippen molar-refractivity contribution in [1.29, 1.82) is 0 Å². The molecule has 2 fully saturated rings. The van der Waals surface area contributed by atoms with Crippen LogP contribution in [-0.2, 0) is 14.3 Å². The average Bonchev–Trinajstić information content (AvgIpc) is 3.19. The van der Waals surface area contributed by atoms with Crippen molar-refractivity contribution < 1.29 is 24.5 Å². The summed E-state index contributed by atoms with van der Waals surface area (Å²) in [6, 6.07) is 8.16. The summed E-state index contributed by atoms with van der Waals surface area (Å²) in [5.74, 6) is 0.171. The first-order valence-electron chi connectivity index (χ1n) is 14.5. The van der Waals surface area contributed by atoms with Crippen LogP contribution in [0.1, 0.15) is 101 Å². The quantitative estimate of drug-likeness (QED) is 0.163. The number of aliphatic hydroxyl groups is 2. The van der Waals surface area contributed by atoms with Crippen LogP contribution in [0.2, 0.25) is 0 Å². The van der Waals surface area contributed by atoms with E-state index >= 15 is 0 Å². The maximum Gasteiger partial charge on any atom is 0.305 e. The fraction of sp³-hybridized carbons (Fsp3) is 0.767. The van der Waals surface area contributed by atoms with Gasteiger partial charge in [0.2, 0.25) is 0 Å². The molecule has 0 unspecified atom stereocenters. The van der Waals surface area contributed by atoms with Crippen molar-refractivity contribution >= 4 is 17.6 Å². The normalized spacial score (nSPS) is 25.3. The minimum absolute atomic E-state index is 0.0271. The van der Waals surface area contributed by atoms with Crippen molar-refractivity contribution in [2.24, 2.45) is 5.92 Å². The Bertz CT molecular complexity index is 770. The standard InChI is InChI=1S/C30H48ClNO5/c1-2-3-6-10-27(33)23-12-14-24(15-13-23)30-25(26(31)22-28(30)34)9-7-4-5-8-11-29(35)37-21-18-32-16-19-36-20-17-32/h12-15,25-28,30,33-34H,2-11,16-22H2,1H3/t25-,26+,27+,28+,30+/m0/s1. The summed E-state index contributed by atoms with van der Waals surface area (Å²) in [5, 5.41) is 21.2. The summed E-state index contributed by atoms with van der Waals surface area (Å²) in [5.41, 5.74) is 2.07. The first-order valence-corrected chi connectivity index (χ1v) is 15.0. The molecule has 0 bridgehead atoms. The van der Waals surface area contributed by atoms with Crippen LogP contribution in [-0.4, -0.2) is 72.0 Å². The predicted molar refractivity (Wildman–Crippen MR) is 148 cm³/mol. The number of unbranched alkanes of at least 4 members (excludes halogenated alkanes) is 5. The molecule has 7 heteroatoms. The Morgan fingerprint density at radius 2 is 1.84 bits per heavy atom. The number of ether oxygens (including phenoxy) is 2. The lowest BCUT2D eigenvalue weighted by Gasteiger charge is -2.26. The van der Waals surface area contributed by atoms with Gasteiger partial charge in [-0.25, -0.2) is 0 Å². The number of carbonyl (C=O) groups excluding carboxylic acids is 1. The molecule has 1 heterocycles. The molecule has 1 aliphatic carbocycles. The molecule has 0 radical (unpaired) electrons. The third-order valence-corrected chi connectivity index (χ3v) is 8.54. The lowest BCUT2D eigenvalue weighted by atomic mass is 9.83. The molecular formula is C30H48ClNO5. The van der Waals surface area contributed by atoms with Gasteiger partial charge < -0.3 is 19.7 Å². The number of carbonyl (C=O) groups is 1. The van der Waals surface area contributed by atoms with E-state index in [1.165, 1.54) is 0 Å². The molecule has 1 saturated heterocycles. The largest absolute Gasteiger partial charge is 0.464 e. The number of rotatable bonds is 16. The number of morpholine rings is 1. The minimum Gasteiger partial charge on any atom is -0.464 e. The number of hydrogen-bond donors (Lipinski definition) is 2. The molecule has 2 aliphatic rings. The second kappa shape index (κ2) is 16.7. The van der Waals surface area contributed by atoms with Crippen LogP contribution < -0.4 is 0 Å². The average molecular weight is 538 g/mol. The van der Waals surface area contributed by atoms with Crippen molar-refractivity contribution in [2.75, 3.05) is 39.5 Å². The fourth-order valence-electron chi connectivity index (χ4n) is 5.78. The molecule has 0 spiro atoms. The smallest absolute Gasteiger partial charge is 0.305 e. The van der Waals surface area contributed by atoms with Gasteiger partial charge in [0.25, 0.3) is 0 Å². The molecule has 1 aromatic carbocycles. The number of nitrogens with zero attached hydrogens (tertiary/aromatic N) is 1. The molecule has 2 N–H and O–H groups in total. The van der Waals surface area contributed by atoms with Crippen LogP contribution in [0, 0.1) is 5.92 Å². The summed E-state index contributed by atoms with van der Waals surface area (Å²) < 4.78 is 10.7. The third kappa shape index (κ3) is 10.1. The zero-order valence-electron chi connectivity index (χ0n) is 22.7. The molecule has 5 atom stereocenters. The Labute approximate surface area is 228 Å². The maximum absolute atomic E-state index is 12.0. The second-order valence-corrected chi connectivity index (χ2v) is 11.4. The Balaban J connectivity index is 1.34. The predicted octanol–water partition coefficient (Wildman–Crippen LogP) is 5.59. The number of esters is 1. The molecule has 1 aromatic rings. The fourth-order valence-corrected chi connectivity index (χ4v) is 6.24. The molecule has 6 nitrogen and oxygen atoms in total. The summed E-state index contributed by atoms with van der Waals surface area (Å²) in [7, 11) is 0. The van der Waals surface area contributed by atoms with E-state index in [-0.39, 0.29) is 23.2 Å². The molecule has 3 rings (SSSR count). The summed E-state index contributed by atoms with van der Waals surface area (Å²) in [6.07, 6.45) is 9.26. The van der Waals surface area contributed by atoms with Crippen LogP contribution in [0.4, 0.5) is 0 Å². The lowest BCUT2D eigenvalue weighted by Crippen LogP contribution is -2.38. The number of benzene rings is 1. The van der Waals surface area contributed by atoms with E-state index in [1.54, 1.807) is 0 Å². The van der Waals surface area contributed by atoms with Gasteiger partial charge >= 0.3 is 5.97 Å². The van der Waals surface area contributed by atoms with Crippen molar-refractivity contribution in [3.8, 4) is 0 Å². The highest BCUT2D eigenvalue weighted by atomic mass is 35.5. The Morgan fingerprint density at radius 1 is 1.11 bits per heavy atom. The van der Waals surface area contributed by atoms with Crippen LogP contribution >= 0.6 is 11.6 Å². The van der Waals surface area contributed by atoms with E-state index in [2.05, 4.69) is 24.0 Å². The van der Waals surface area contributed by atoms with E-state index in [0.717, 1.165) is 102 Å². The first-order chi connectivity index (χ1) is 18.0. The summed E-state index contributed by atoms with van der Waals surface area (Å²) in [6.45, 7) is 6.75. The topological polar surface area (TPSA) is 79.2 Å². The molecule has 0 aromatic heterocycles. The monoisotopic (exact) mass is 537 g/mol. The lowest BCUT2D eigenvalue weighted by molar-refractivity contribution is -0.144. The molecule has 37 heavy (non-hydrogen) atoms. The van der Waals surface area contributed by atoms with Crippen molar-refractivity contribution in [1.82, 2.24) is 4.90 Å². The van der Waals surface area contributed by atoms with E-state index in [1.807, 2.05) is 12.1 Å². The molecule has 1 aliphatic heterocycles. The Morgan fingerprint density at radius 3 is 2.57 bits per heavy atom. The number of hydrogen-bond acceptors (Lipinski definition) is 6. The van der Waals surface area contributed by atoms with E-state index < -0.39 is 12.2 Å². The van der Waals surface area contributed by atoms with Crippen LogP contribution in [0.5, 0.6) is 0 Å². The highest BCUT2D eigenvalue weighted by Gasteiger charge is 2.41. The van der Waals surface area contributed by atoms with Gasteiger partial charge in [0.15, 0.2) is 0 Å². The molecule has 1 saturated carbocycles. The first kappa shape index (κ1) is 30.4. The molecule has 0 amide bonds. The Hall–Kier alpha value is -1.18. The van der Waals surface area contributed by atoms with Gasteiger partial charge in [-0.1, -0.05) is 69.7 Å². The van der Waals surface area contributed by atoms with Crippen LogP contribution in [0.3, 0.4) is 0 Å². The highest BCUT2D eigenvalue weighted by molar-refractivity contribution is 6.21. The van der Waals surface area contributed by atoms with Crippen molar-refractivity contribution in [2.45, 2.75) is 101 Å². The van der Waals surface area contributed by atoms with Crippen LogP contribution in [0.15, 0.2) is 24.3 Å². The molecule has 210 valence electrons. The number of aliphatic hydroxyl groups excluding tert-OH is 2. The number of halogens is 1. The van der Waals surface area contributed by atoms with E-state index in [0.29, 0.717) is 19.4 Å². The SMILES string of the molecule is CCCCC[C@@H](O)c1ccc([C@@H]2[C@@H](CCCCCCC(=O)OCCN3CCOCC3)[C@H](Cl)C[C@H]2O)cc1. The zero-order valence-corrected chi connectivity index (χ0v) is 23.4. The summed E-state index contributed by atoms with van der Waals surface area (Å²) in [4.78, 5) is 14.3. The summed E-state index contributed by atoms with van der Waals surface area (Å²) >= 11 is 6.69. The van der Waals surface area contributed by atoms with Gasteiger partial charge in [0, 0.05) is 37.4 Å². The van der Waals surface area contributed by atoms with Crippen molar-refractivity contribution in [3.63, 3.8) is 0 Å². The Kier molecular flexibility index (Phi) is 13.7. The van der Waals surface area contributed by atoms with Gasteiger partial charge in [-0.05, 0) is 42.7 Å². The van der Waals surface area contributed by atoms with Crippen molar-refractivity contribution in [3.05, 3.63) is 35.4 Å². The third-order valence-electron chi connectivity index (χ3n) is 8.04. The van der Waals surface area contributed by atoms with Gasteiger partial charge in [-0.15, -0.1) is 11.6 Å². The maximum atomic E-state index is 12.0. The second-order valence-electron chi connectivity index (χ2n) is 10.8. The van der Waals surface area contributed by atoms with Gasteiger partial charge in [0.1, 0.15) is 6.61 Å². The minimum atomic E-state index is -0.430. The van der Waals surface area contributed by atoms with Crippen LogP contribution in [0.25, 0.3) is 0 Å². The van der Waals surface area contributed by atoms with Gasteiger partial charge in [-0.2, -0.15) is 0 Å². The van der Waals surface area contributed by atoms with Gasteiger partial charge in [-0.3, -0.25) is 9.69 Å². The van der Waals surface area contributed by atoms with Gasteiger partial charge in [0.05, 0.1) is 25.4 Å². The number of alkyl halides is 1. The molecular weight excluding hydrogens is 490 g/mol. The zero-order chi connectivity index (χ0) is 26.5.